The Morgan fingerprint density at radius 1 is 0.529 bits per heavy atom. The largest absolute Gasteiger partial charge is 0.481 e. The van der Waals surface area contributed by atoms with Crippen molar-refractivity contribution in [2.75, 3.05) is 26.2 Å². The summed E-state index contributed by atoms with van der Waals surface area (Å²) in [6.45, 7) is 3.70. The molecule has 7 nitrogen and oxygen atoms in total. The van der Waals surface area contributed by atoms with Crippen LogP contribution in [0.25, 0.3) is 0 Å². The molecule has 0 aromatic rings. The van der Waals surface area contributed by atoms with Gasteiger partial charge >= 0.3 is 17.9 Å². The Morgan fingerprint density at radius 2 is 0.882 bits per heavy atom. The zero-order valence-corrected chi connectivity index (χ0v) is 21.5. The summed E-state index contributed by atoms with van der Waals surface area (Å²) in [6, 6.07) is 0. The molecule has 0 aromatic carbocycles. The highest BCUT2D eigenvalue weighted by Crippen LogP contribution is 2.16. The van der Waals surface area contributed by atoms with Crippen LogP contribution in [0, 0.1) is 0 Å². The van der Waals surface area contributed by atoms with E-state index in [4.69, 9.17) is 15.3 Å². The number of carboxylic acids is 3. The van der Waals surface area contributed by atoms with Crippen molar-refractivity contribution in [3.8, 4) is 0 Å². The molecule has 0 heterocycles. The normalized spacial score (nSPS) is 11.8. The lowest BCUT2D eigenvalue weighted by Gasteiger charge is -2.38. The monoisotopic (exact) mass is 484 g/mol. The van der Waals surface area contributed by atoms with Crippen LogP contribution in [0.3, 0.4) is 0 Å². The second-order valence-electron chi connectivity index (χ2n) is 9.61. The van der Waals surface area contributed by atoms with Crippen molar-refractivity contribution in [3.63, 3.8) is 0 Å². The van der Waals surface area contributed by atoms with Gasteiger partial charge in [0.25, 0.3) is 0 Å². The molecule has 0 bridgehead atoms. The van der Waals surface area contributed by atoms with Crippen molar-refractivity contribution in [2.24, 2.45) is 0 Å². The molecular formula is C27H50NO6+. The number of aliphatic carboxylic acids is 3. The van der Waals surface area contributed by atoms with Gasteiger partial charge in [0.05, 0.1) is 45.4 Å². The van der Waals surface area contributed by atoms with E-state index in [1.165, 1.54) is 51.4 Å². The lowest BCUT2D eigenvalue weighted by atomic mass is 10.1. The Hall–Kier alpha value is -1.89. The number of quaternary nitrogens is 1. The quantitative estimate of drug-likeness (QED) is 0.0800. The van der Waals surface area contributed by atoms with E-state index in [2.05, 4.69) is 19.1 Å². The molecule has 198 valence electrons. The minimum Gasteiger partial charge on any atom is -0.481 e. The van der Waals surface area contributed by atoms with Crippen molar-refractivity contribution in [1.29, 1.82) is 0 Å². The van der Waals surface area contributed by atoms with Gasteiger partial charge in [-0.2, -0.15) is 0 Å². The lowest BCUT2D eigenvalue weighted by molar-refractivity contribution is -0.927. The standard InChI is InChI=1S/C27H49NO6/c1-2-3-4-5-6-7-8-9-10-11-12-13-14-15-16-17-21-28(22-18-25(29)30,23-19-26(31)32)24-20-27(33)34/h11-12H,2-10,13-24H2,1H3,(H2-,29,30,31,32,33,34)/p+1/b12-11+. The molecule has 0 radical (unpaired) electrons. The second-order valence-corrected chi connectivity index (χ2v) is 9.61. The van der Waals surface area contributed by atoms with Crippen molar-refractivity contribution < 1.29 is 34.2 Å². The summed E-state index contributed by atoms with van der Waals surface area (Å²) in [5.41, 5.74) is 0. The van der Waals surface area contributed by atoms with E-state index in [0.29, 0.717) is 6.54 Å². The first-order valence-corrected chi connectivity index (χ1v) is 13.5. The summed E-state index contributed by atoms with van der Waals surface area (Å²) < 4.78 is 0.253. The number of rotatable bonds is 25. The predicted octanol–water partition coefficient (Wildman–Crippen LogP) is 6.26. The van der Waals surface area contributed by atoms with E-state index in [-0.39, 0.29) is 43.4 Å². The van der Waals surface area contributed by atoms with Crippen molar-refractivity contribution in [3.05, 3.63) is 12.2 Å². The zero-order chi connectivity index (χ0) is 25.5. The fraction of sp³-hybridized carbons (Fsp3) is 0.815. The highest BCUT2D eigenvalue weighted by molar-refractivity contribution is 5.67. The van der Waals surface area contributed by atoms with E-state index in [9.17, 15) is 14.4 Å². The van der Waals surface area contributed by atoms with Crippen molar-refractivity contribution >= 4 is 17.9 Å². The Morgan fingerprint density at radius 3 is 1.26 bits per heavy atom. The van der Waals surface area contributed by atoms with Crippen LogP contribution in [0.5, 0.6) is 0 Å². The molecule has 0 saturated carbocycles. The summed E-state index contributed by atoms with van der Waals surface area (Å²) >= 11 is 0. The van der Waals surface area contributed by atoms with Gasteiger partial charge < -0.3 is 19.8 Å². The van der Waals surface area contributed by atoms with E-state index >= 15 is 0 Å². The molecule has 0 amide bonds. The average Bonchev–Trinajstić information content (AvgIpc) is 2.79. The smallest absolute Gasteiger partial charge is 0.309 e. The van der Waals surface area contributed by atoms with Crippen LogP contribution in [0.2, 0.25) is 0 Å². The SMILES string of the molecule is CCCCCCCCCC/C=C/CCCCCC[N+](CCC(=O)O)(CCC(=O)O)CCC(=O)O. The Bertz CT molecular complexity index is 530. The van der Waals surface area contributed by atoms with Crippen LogP contribution in [0.4, 0.5) is 0 Å². The van der Waals surface area contributed by atoms with Gasteiger partial charge in [-0.3, -0.25) is 14.4 Å². The molecule has 0 aliphatic rings. The highest BCUT2D eigenvalue weighted by Gasteiger charge is 2.29. The molecule has 0 aliphatic heterocycles. The Balaban J connectivity index is 4.14. The lowest BCUT2D eigenvalue weighted by Crippen LogP contribution is -2.52. The van der Waals surface area contributed by atoms with Gasteiger partial charge in [-0.1, -0.05) is 70.4 Å². The third-order valence-corrected chi connectivity index (χ3v) is 6.54. The number of carboxylic acid groups (broad SMARTS) is 3. The second kappa shape index (κ2) is 21.6. The number of allylic oxidation sites excluding steroid dienone is 2. The van der Waals surface area contributed by atoms with Crippen molar-refractivity contribution in [1.82, 2.24) is 0 Å². The van der Waals surface area contributed by atoms with E-state index < -0.39 is 17.9 Å². The van der Waals surface area contributed by atoms with E-state index in [1.54, 1.807) is 0 Å². The summed E-state index contributed by atoms with van der Waals surface area (Å²) in [7, 11) is 0. The van der Waals surface area contributed by atoms with Gasteiger partial charge in [0, 0.05) is 0 Å². The van der Waals surface area contributed by atoms with Gasteiger partial charge in [-0.15, -0.1) is 0 Å². The summed E-state index contributed by atoms with van der Waals surface area (Å²) in [5.74, 6) is -2.81. The average molecular weight is 485 g/mol. The van der Waals surface area contributed by atoms with Crippen LogP contribution in [0.15, 0.2) is 12.2 Å². The Kier molecular flexibility index (Phi) is 20.4. The number of carbonyl (C=O) groups is 3. The molecule has 0 aliphatic carbocycles. The van der Waals surface area contributed by atoms with E-state index in [0.717, 1.165) is 38.5 Å². The van der Waals surface area contributed by atoms with E-state index in [1.807, 2.05) is 0 Å². The van der Waals surface area contributed by atoms with Gasteiger partial charge in [0.1, 0.15) is 0 Å². The summed E-state index contributed by atoms with van der Waals surface area (Å²) in [6.07, 6.45) is 21.3. The molecule has 0 fully saturated rings. The maximum absolute atomic E-state index is 11.1. The van der Waals surface area contributed by atoms with Crippen LogP contribution < -0.4 is 0 Å². The van der Waals surface area contributed by atoms with Crippen LogP contribution in [-0.4, -0.2) is 63.9 Å². The molecule has 0 unspecified atom stereocenters. The molecule has 3 N–H and O–H groups in total. The summed E-state index contributed by atoms with van der Waals surface area (Å²) in [5, 5.41) is 27.3. The first-order chi connectivity index (χ1) is 16.3. The molecule has 0 spiro atoms. The van der Waals surface area contributed by atoms with Crippen LogP contribution in [-0.2, 0) is 14.4 Å². The van der Waals surface area contributed by atoms with Crippen molar-refractivity contribution in [2.45, 2.75) is 116 Å². The third-order valence-electron chi connectivity index (χ3n) is 6.54. The fourth-order valence-electron chi connectivity index (χ4n) is 4.36. The molecular weight excluding hydrogens is 434 g/mol. The minimum atomic E-state index is -0.938. The van der Waals surface area contributed by atoms with Crippen LogP contribution >= 0.6 is 0 Å². The van der Waals surface area contributed by atoms with Gasteiger partial charge in [-0.25, -0.2) is 0 Å². The van der Waals surface area contributed by atoms with Gasteiger partial charge in [0.2, 0.25) is 0 Å². The first kappa shape index (κ1) is 32.1. The fourth-order valence-corrected chi connectivity index (χ4v) is 4.36. The number of nitrogens with zero attached hydrogens (tertiary/aromatic N) is 1. The van der Waals surface area contributed by atoms with Crippen LogP contribution in [0.1, 0.15) is 116 Å². The zero-order valence-electron chi connectivity index (χ0n) is 21.5. The highest BCUT2D eigenvalue weighted by atomic mass is 16.4. The first-order valence-electron chi connectivity index (χ1n) is 13.5. The Labute approximate surface area is 206 Å². The molecule has 0 atom stereocenters. The molecule has 0 saturated heterocycles. The molecule has 7 heteroatoms. The minimum absolute atomic E-state index is 0.0805. The van der Waals surface area contributed by atoms with Gasteiger partial charge in [0.15, 0.2) is 0 Å². The third kappa shape index (κ3) is 20.7. The number of hydrogen-bond donors (Lipinski definition) is 3. The van der Waals surface area contributed by atoms with Gasteiger partial charge in [-0.05, 0) is 38.5 Å². The summed E-state index contributed by atoms with van der Waals surface area (Å²) in [4.78, 5) is 33.3. The predicted molar refractivity (Wildman–Crippen MR) is 136 cm³/mol. The number of hydrogen-bond acceptors (Lipinski definition) is 3. The number of unbranched alkanes of at least 4 members (excludes halogenated alkanes) is 12. The molecule has 34 heavy (non-hydrogen) atoms. The topological polar surface area (TPSA) is 112 Å². The molecule has 0 rings (SSSR count). The maximum Gasteiger partial charge on any atom is 0.309 e. The molecule has 0 aromatic heterocycles. The maximum atomic E-state index is 11.1.